The molecule has 1 heterocycles. The maximum atomic E-state index is 9.41. The molecule has 0 aromatic rings. The van der Waals surface area contributed by atoms with Gasteiger partial charge in [-0.25, -0.2) is 0 Å². The Bertz CT molecular complexity index is 254. The molecule has 0 spiro atoms. The van der Waals surface area contributed by atoms with E-state index >= 15 is 0 Å². The Kier molecular flexibility index (Phi) is 3.94. The van der Waals surface area contributed by atoms with E-state index in [0.29, 0.717) is 18.5 Å². The summed E-state index contributed by atoms with van der Waals surface area (Å²) < 4.78 is 5.31. The predicted octanol–water partition coefficient (Wildman–Crippen LogP) is -1.09. The number of rotatable bonds is 4. The van der Waals surface area contributed by atoms with Crippen LogP contribution >= 0.6 is 0 Å². The van der Waals surface area contributed by atoms with Gasteiger partial charge in [0.2, 0.25) is 0 Å². The van der Waals surface area contributed by atoms with Crippen molar-refractivity contribution in [1.29, 1.82) is 0 Å². The zero-order valence-electron chi connectivity index (χ0n) is 9.38. The van der Waals surface area contributed by atoms with E-state index in [1.807, 2.05) is 6.08 Å². The van der Waals surface area contributed by atoms with Crippen molar-refractivity contribution >= 4 is 0 Å². The van der Waals surface area contributed by atoms with Gasteiger partial charge in [0.15, 0.2) is 6.29 Å². The lowest BCUT2D eigenvalue weighted by Crippen LogP contribution is -2.46. The molecule has 1 fully saturated rings. The summed E-state index contributed by atoms with van der Waals surface area (Å²) in [6, 6.07) is -0.00155. The normalized spacial score (nSPS) is 43.1. The molecule has 2 rings (SSSR count). The van der Waals surface area contributed by atoms with Gasteiger partial charge >= 0.3 is 0 Å². The summed E-state index contributed by atoms with van der Waals surface area (Å²) in [4.78, 5) is 0. The van der Waals surface area contributed by atoms with Crippen molar-refractivity contribution in [3.63, 3.8) is 0 Å². The Hall–Kier alpha value is -0.460. The van der Waals surface area contributed by atoms with Crippen LogP contribution in [0.3, 0.4) is 0 Å². The quantitative estimate of drug-likeness (QED) is 0.458. The number of hydrogen-bond donors (Lipinski definition) is 4. The van der Waals surface area contributed by atoms with E-state index in [-0.39, 0.29) is 6.10 Å². The summed E-state index contributed by atoms with van der Waals surface area (Å²) in [7, 11) is 0. The van der Waals surface area contributed by atoms with Gasteiger partial charge in [-0.2, -0.15) is 0 Å². The van der Waals surface area contributed by atoms with E-state index in [4.69, 9.17) is 16.2 Å². The van der Waals surface area contributed by atoms with Gasteiger partial charge in [-0.05, 0) is 25.3 Å². The van der Waals surface area contributed by atoms with Crippen LogP contribution in [0.4, 0.5) is 0 Å². The van der Waals surface area contributed by atoms with Crippen LogP contribution < -0.4 is 16.8 Å². The third-order valence-electron chi connectivity index (χ3n) is 3.24. The molecule has 0 bridgehead atoms. The van der Waals surface area contributed by atoms with Gasteiger partial charge in [0, 0.05) is 12.6 Å². The van der Waals surface area contributed by atoms with Gasteiger partial charge in [0.1, 0.15) is 0 Å². The Morgan fingerprint density at radius 1 is 1.25 bits per heavy atom. The fraction of sp³-hybridized carbons (Fsp3) is 0.818. The lowest BCUT2D eigenvalue weighted by molar-refractivity contribution is -0.133. The molecule has 1 saturated carbocycles. The zero-order valence-corrected chi connectivity index (χ0v) is 9.38. The van der Waals surface area contributed by atoms with Gasteiger partial charge in [0.05, 0.1) is 12.1 Å². The molecule has 0 radical (unpaired) electrons. The summed E-state index contributed by atoms with van der Waals surface area (Å²) in [5.74, 6) is 0.703. The maximum Gasteiger partial charge on any atom is 0.174 e. The summed E-state index contributed by atoms with van der Waals surface area (Å²) in [5.41, 5.74) is 11.3. The number of aliphatic hydroxyl groups is 1. The van der Waals surface area contributed by atoms with Crippen molar-refractivity contribution in [2.45, 2.75) is 37.3 Å². The third kappa shape index (κ3) is 3.02. The fourth-order valence-corrected chi connectivity index (χ4v) is 2.16. The number of aliphatic hydroxyl groups excluding tert-OH is 1. The molecule has 0 amide bonds. The average molecular weight is 227 g/mol. The first-order chi connectivity index (χ1) is 7.65. The molecule has 0 aromatic carbocycles. The second-order valence-electron chi connectivity index (χ2n) is 4.78. The Balaban J connectivity index is 1.61. The molecule has 5 heteroatoms. The average Bonchev–Trinajstić information content (AvgIpc) is 2.21. The highest BCUT2D eigenvalue weighted by Crippen LogP contribution is 2.24. The third-order valence-corrected chi connectivity index (χ3v) is 3.24. The first-order valence-electron chi connectivity index (χ1n) is 5.89. The topological polar surface area (TPSA) is 93.5 Å². The Morgan fingerprint density at radius 3 is 2.62 bits per heavy atom. The molecule has 16 heavy (non-hydrogen) atoms. The second-order valence-corrected chi connectivity index (χ2v) is 4.78. The maximum absolute atomic E-state index is 9.41. The van der Waals surface area contributed by atoms with Crippen LogP contribution in [0.2, 0.25) is 0 Å². The number of nitrogens with two attached hydrogens (primary N) is 2. The van der Waals surface area contributed by atoms with Gasteiger partial charge in [-0.3, -0.25) is 0 Å². The SMILES string of the molecule is NC1CC(CNC[C@@H]2C=C[C@@H](N)[C@@H](O)O2)C1. The largest absolute Gasteiger partial charge is 0.366 e. The summed E-state index contributed by atoms with van der Waals surface area (Å²) in [6.45, 7) is 1.69. The van der Waals surface area contributed by atoms with Crippen LogP contribution in [0.5, 0.6) is 0 Å². The summed E-state index contributed by atoms with van der Waals surface area (Å²) >= 11 is 0. The molecule has 0 aromatic heterocycles. The van der Waals surface area contributed by atoms with Crippen LogP contribution in [-0.2, 0) is 4.74 Å². The number of hydrogen-bond acceptors (Lipinski definition) is 5. The van der Waals surface area contributed by atoms with E-state index in [0.717, 1.165) is 19.4 Å². The highest BCUT2D eigenvalue weighted by atomic mass is 16.6. The highest BCUT2D eigenvalue weighted by Gasteiger charge is 2.26. The van der Waals surface area contributed by atoms with Crippen LogP contribution in [0.15, 0.2) is 12.2 Å². The standard InChI is InChI=1S/C11H21N3O2/c12-8-3-7(4-8)5-14-6-9-1-2-10(13)11(15)16-9/h1-2,7-11,14-15H,3-6,12-13H2/t7?,8?,9-,10+,11-/m0/s1. The van der Waals surface area contributed by atoms with E-state index in [1.54, 1.807) is 6.08 Å². The molecule has 6 N–H and O–H groups in total. The van der Waals surface area contributed by atoms with Crippen molar-refractivity contribution in [3.05, 3.63) is 12.2 Å². The van der Waals surface area contributed by atoms with E-state index in [1.165, 1.54) is 0 Å². The molecule has 1 aliphatic carbocycles. The van der Waals surface area contributed by atoms with Gasteiger partial charge in [-0.15, -0.1) is 0 Å². The monoisotopic (exact) mass is 227 g/mol. The van der Waals surface area contributed by atoms with Crippen molar-refractivity contribution in [2.24, 2.45) is 17.4 Å². The van der Waals surface area contributed by atoms with E-state index in [9.17, 15) is 5.11 Å². The van der Waals surface area contributed by atoms with Gasteiger partial charge in [0.25, 0.3) is 0 Å². The first-order valence-corrected chi connectivity index (χ1v) is 5.89. The van der Waals surface area contributed by atoms with E-state index < -0.39 is 12.3 Å². The minimum absolute atomic E-state index is 0.0800. The van der Waals surface area contributed by atoms with Crippen molar-refractivity contribution in [3.8, 4) is 0 Å². The molecule has 92 valence electrons. The molecule has 1 aliphatic heterocycles. The van der Waals surface area contributed by atoms with Crippen LogP contribution in [0.25, 0.3) is 0 Å². The van der Waals surface area contributed by atoms with Crippen LogP contribution in [0.1, 0.15) is 12.8 Å². The highest BCUT2D eigenvalue weighted by molar-refractivity contribution is 5.02. The number of ether oxygens (including phenoxy) is 1. The predicted molar refractivity (Wildman–Crippen MR) is 61.6 cm³/mol. The zero-order chi connectivity index (χ0) is 11.5. The van der Waals surface area contributed by atoms with Gasteiger partial charge < -0.3 is 26.6 Å². The lowest BCUT2D eigenvalue weighted by Gasteiger charge is -2.33. The molecule has 0 saturated heterocycles. The van der Waals surface area contributed by atoms with Gasteiger partial charge in [-0.1, -0.05) is 12.2 Å². The smallest absolute Gasteiger partial charge is 0.174 e. The molecular formula is C11H21N3O2. The minimum Gasteiger partial charge on any atom is -0.366 e. The first kappa shape index (κ1) is 12.0. The Labute approximate surface area is 95.8 Å². The summed E-state index contributed by atoms with van der Waals surface area (Å²) in [5, 5.41) is 12.7. The van der Waals surface area contributed by atoms with Crippen molar-refractivity contribution in [2.75, 3.05) is 13.1 Å². The molecule has 2 aliphatic rings. The fourth-order valence-electron chi connectivity index (χ4n) is 2.16. The number of nitrogens with one attached hydrogen (secondary N) is 1. The van der Waals surface area contributed by atoms with Crippen LogP contribution in [-0.4, -0.2) is 42.7 Å². The molecule has 3 atom stereocenters. The molecule has 5 nitrogen and oxygen atoms in total. The van der Waals surface area contributed by atoms with Crippen molar-refractivity contribution in [1.82, 2.24) is 5.32 Å². The van der Waals surface area contributed by atoms with Crippen LogP contribution in [0, 0.1) is 5.92 Å². The second kappa shape index (κ2) is 5.25. The van der Waals surface area contributed by atoms with Crippen molar-refractivity contribution < 1.29 is 9.84 Å². The summed E-state index contributed by atoms with van der Waals surface area (Å²) in [6.07, 6.45) is 4.96. The lowest BCUT2D eigenvalue weighted by atomic mass is 9.81. The Morgan fingerprint density at radius 2 is 2.00 bits per heavy atom. The minimum atomic E-state index is -0.881. The molecular weight excluding hydrogens is 206 g/mol. The van der Waals surface area contributed by atoms with E-state index in [2.05, 4.69) is 5.32 Å². The molecule has 0 unspecified atom stereocenters.